The molecule has 0 aromatic carbocycles. The number of aliphatic carboxylic acids is 1. The first-order valence-corrected chi connectivity index (χ1v) is 8.52. The average molecular weight is 438 g/mol. The van der Waals surface area contributed by atoms with E-state index in [1.165, 1.54) is 0 Å². The van der Waals surface area contributed by atoms with Gasteiger partial charge in [0.15, 0.2) is 6.17 Å². The summed E-state index contributed by atoms with van der Waals surface area (Å²) in [5, 5.41) is 78.9. The van der Waals surface area contributed by atoms with Crippen molar-refractivity contribution >= 4 is 5.97 Å². The van der Waals surface area contributed by atoms with Crippen molar-refractivity contribution in [3.05, 3.63) is 0 Å². The summed E-state index contributed by atoms with van der Waals surface area (Å²) in [6.07, 6.45) is -19.9. The minimum Gasteiger partial charge on any atom is -0.548 e. The molecule has 2 saturated heterocycles. The van der Waals surface area contributed by atoms with Crippen molar-refractivity contribution in [1.29, 1.82) is 0 Å². The van der Waals surface area contributed by atoms with Crippen LogP contribution in [0.15, 0.2) is 0 Å². The van der Waals surface area contributed by atoms with E-state index in [9.17, 15) is 45.6 Å². The summed E-state index contributed by atoms with van der Waals surface area (Å²) in [5.74, 6) is -1.67. The summed E-state index contributed by atoms with van der Waals surface area (Å²) in [5.41, 5.74) is 0. The fourth-order valence-electron chi connectivity index (χ4n) is 3.32. The van der Waals surface area contributed by atoms with Gasteiger partial charge in [-0.3, -0.25) is 0 Å². The Bertz CT molecular complexity index is 528. The summed E-state index contributed by atoms with van der Waals surface area (Å²) < 4.78 is 30.1. The van der Waals surface area contributed by atoms with Crippen molar-refractivity contribution in [2.45, 2.75) is 67.2 Å². The molecule has 29 heavy (non-hydrogen) atoms. The van der Waals surface area contributed by atoms with Gasteiger partial charge in [0.2, 0.25) is 0 Å². The van der Waals surface area contributed by atoms with Gasteiger partial charge in [-0.15, -0.1) is 0 Å². The van der Waals surface area contributed by atoms with Crippen molar-refractivity contribution in [2.75, 3.05) is 19.8 Å². The zero-order chi connectivity index (χ0) is 21.2. The molecule has 0 bridgehead atoms. The number of halogens is 1. The molecule has 0 amide bonds. The monoisotopic (exact) mass is 438 g/mol. The number of carboxylic acids is 1. The predicted molar refractivity (Wildman–Crippen MR) is 81.2 cm³/mol. The summed E-state index contributed by atoms with van der Waals surface area (Å²) in [4.78, 5) is 10.6. The molecule has 2 aliphatic heterocycles. The van der Waals surface area contributed by atoms with E-state index in [1.54, 1.807) is 0 Å². The maximum Gasteiger partial charge on any atom is 1.00 e. The zero-order valence-corrected chi connectivity index (χ0v) is 17.5. The zero-order valence-electron chi connectivity index (χ0n) is 15.5. The number of carboxylic acid groups (broad SMARTS) is 1. The van der Waals surface area contributed by atoms with Gasteiger partial charge < -0.3 is 59.9 Å². The molecule has 0 unspecified atom stereocenters. The van der Waals surface area contributed by atoms with Crippen molar-refractivity contribution in [3.63, 3.8) is 0 Å². The molecule has 0 spiro atoms. The minimum absolute atomic E-state index is 0. The summed E-state index contributed by atoms with van der Waals surface area (Å²) in [6.45, 7) is -2.69. The first kappa shape index (κ1) is 27.0. The Balaban J connectivity index is 0.00000420. The SMILES string of the molecule is O=C([O-])CO[C@@H]1[C@@H](O)[C@H]([C@@H](F)[C@H]2O[C@H](CO)[C@@H](O)[C@H](O)[C@@H]2O)O[C@H](CO)[C@@H]1O.[Na+]. The van der Waals surface area contributed by atoms with Crippen LogP contribution in [-0.4, -0.2) is 129 Å². The van der Waals surface area contributed by atoms with Gasteiger partial charge in [0.1, 0.15) is 61.0 Å². The first-order chi connectivity index (χ1) is 13.1. The third-order valence-corrected chi connectivity index (χ3v) is 4.85. The number of carbonyl (C=O) groups excluding carboxylic acids is 1. The van der Waals surface area contributed by atoms with Gasteiger partial charge in [0, 0.05) is 0 Å². The molecule has 2 aliphatic rings. The molecule has 2 rings (SSSR count). The molecule has 2 heterocycles. The Morgan fingerprint density at radius 1 is 0.897 bits per heavy atom. The van der Waals surface area contributed by atoms with Crippen molar-refractivity contribution in [3.8, 4) is 0 Å². The number of ether oxygens (including phenoxy) is 3. The predicted octanol–water partition coefficient (Wildman–Crippen LogP) is -9.21. The van der Waals surface area contributed by atoms with Gasteiger partial charge in [-0.25, -0.2) is 4.39 Å². The van der Waals surface area contributed by atoms with E-state index in [1.807, 2.05) is 0 Å². The van der Waals surface area contributed by atoms with Crippen LogP contribution in [-0.2, 0) is 19.0 Å². The minimum atomic E-state index is -2.39. The first-order valence-electron chi connectivity index (χ1n) is 8.52. The molecule has 12 nitrogen and oxygen atoms in total. The topological polar surface area (TPSA) is 209 Å². The molecule has 11 atom stereocenters. The molecule has 0 aliphatic carbocycles. The van der Waals surface area contributed by atoms with Gasteiger partial charge in [-0.2, -0.15) is 0 Å². The molecule has 14 heteroatoms. The molecule has 0 radical (unpaired) electrons. The average Bonchev–Trinajstić information content (AvgIpc) is 2.66. The van der Waals surface area contributed by atoms with E-state index < -0.39 is 93.0 Å². The van der Waals surface area contributed by atoms with Crippen LogP contribution in [0.1, 0.15) is 0 Å². The Morgan fingerprint density at radius 2 is 1.38 bits per heavy atom. The van der Waals surface area contributed by atoms with E-state index in [-0.39, 0.29) is 29.6 Å². The second-order valence-corrected chi connectivity index (χ2v) is 6.69. The smallest absolute Gasteiger partial charge is 0.548 e. The largest absolute Gasteiger partial charge is 1.00 e. The Kier molecular flexibility index (Phi) is 10.8. The van der Waals surface area contributed by atoms with Crippen molar-refractivity contribution < 1.29 is 93.8 Å². The molecule has 7 N–H and O–H groups in total. The number of rotatable bonds is 7. The summed E-state index contributed by atoms with van der Waals surface area (Å²) >= 11 is 0. The number of carbonyl (C=O) groups is 1. The third kappa shape index (κ3) is 5.83. The fourth-order valence-corrected chi connectivity index (χ4v) is 3.32. The van der Waals surface area contributed by atoms with E-state index in [0.717, 1.165) is 0 Å². The quantitative estimate of drug-likeness (QED) is 0.185. The maximum absolute atomic E-state index is 15.1. The second-order valence-electron chi connectivity index (χ2n) is 6.69. The molecule has 0 saturated carbocycles. The summed E-state index contributed by atoms with van der Waals surface area (Å²) in [6, 6.07) is 0. The van der Waals surface area contributed by atoms with Crippen molar-refractivity contribution in [1.82, 2.24) is 0 Å². The van der Waals surface area contributed by atoms with Gasteiger partial charge in [-0.1, -0.05) is 0 Å². The molecule has 164 valence electrons. The number of aliphatic hydroxyl groups is 7. The van der Waals surface area contributed by atoms with Crippen LogP contribution in [0, 0.1) is 0 Å². The normalized spacial score (nSPS) is 44.0. The standard InChI is InChI=1S/C15H25FO12.Na/c16-7(13-11(24)10(23)8(21)4(1-17)27-13)14-12(25)15(26-3-6(19)20)9(22)5(2-18)28-14;/h4-5,7-15,17-18,21-25H,1-3H2,(H,19,20);/q;+1/p-1/t4-,5-,7+,8-,9+,10+,11+,12+,13-,14+,15+;/m1./s1. The number of alkyl halides is 1. The van der Waals surface area contributed by atoms with Crippen LogP contribution in [0.25, 0.3) is 0 Å². The second kappa shape index (κ2) is 11.6. The van der Waals surface area contributed by atoms with Crippen molar-refractivity contribution in [2.24, 2.45) is 0 Å². The fraction of sp³-hybridized carbons (Fsp3) is 0.933. The van der Waals surface area contributed by atoms with Crippen LogP contribution < -0.4 is 34.7 Å². The Labute approximate surface area is 186 Å². The van der Waals surface area contributed by atoms with Gasteiger partial charge in [-0.05, 0) is 0 Å². The Hall–Kier alpha value is -0.000000000000000444. The molecular weight excluding hydrogens is 414 g/mol. The molecule has 0 aromatic rings. The van der Waals surface area contributed by atoms with E-state index in [2.05, 4.69) is 0 Å². The van der Waals surface area contributed by atoms with E-state index in [4.69, 9.17) is 14.2 Å². The maximum atomic E-state index is 15.1. The van der Waals surface area contributed by atoms with Gasteiger partial charge in [0.25, 0.3) is 0 Å². The van der Waals surface area contributed by atoms with Crippen LogP contribution in [0.4, 0.5) is 4.39 Å². The van der Waals surface area contributed by atoms with Gasteiger partial charge >= 0.3 is 29.6 Å². The molecule has 2 fully saturated rings. The molecule has 0 aromatic heterocycles. The van der Waals surface area contributed by atoms with Crippen LogP contribution in [0.2, 0.25) is 0 Å². The van der Waals surface area contributed by atoms with Gasteiger partial charge in [0.05, 0.1) is 25.8 Å². The van der Waals surface area contributed by atoms with Crippen LogP contribution >= 0.6 is 0 Å². The van der Waals surface area contributed by atoms with E-state index >= 15 is 4.39 Å². The summed E-state index contributed by atoms with van der Waals surface area (Å²) in [7, 11) is 0. The van der Waals surface area contributed by atoms with E-state index in [0.29, 0.717) is 0 Å². The number of hydrogen-bond donors (Lipinski definition) is 7. The van der Waals surface area contributed by atoms with Crippen LogP contribution in [0.3, 0.4) is 0 Å². The third-order valence-electron chi connectivity index (χ3n) is 4.85. The van der Waals surface area contributed by atoms with Crippen LogP contribution in [0.5, 0.6) is 0 Å². The Morgan fingerprint density at radius 3 is 1.86 bits per heavy atom. The number of hydrogen-bond acceptors (Lipinski definition) is 12. The molecular formula is C15H24FNaO12. The number of aliphatic hydroxyl groups excluding tert-OH is 7.